The van der Waals surface area contributed by atoms with E-state index in [9.17, 15) is 4.39 Å². The van der Waals surface area contributed by atoms with Crippen molar-refractivity contribution in [2.24, 2.45) is 10.9 Å². The summed E-state index contributed by atoms with van der Waals surface area (Å²) in [6.07, 6.45) is 0. The fourth-order valence-electron chi connectivity index (χ4n) is 1.76. The van der Waals surface area contributed by atoms with Crippen molar-refractivity contribution in [3.8, 4) is 5.75 Å². The smallest absolute Gasteiger partial charge is 0.170 e. The van der Waals surface area contributed by atoms with Crippen LogP contribution in [0.15, 0.2) is 47.6 Å². The molecule has 2 rings (SSSR count). The molecule has 0 spiro atoms. The van der Waals surface area contributed by atoms with Crippen LogP contribution in [0.5, 0.6) is 5.75 Å². The molecule has 4 nitrogen and oxygen atoms in total. The molecule has 0 saturated heterocycles. The summed E-state index contributed by atoms with van der Waals surface area (Å²) < 4.78 is 18.6. The van der Waals surface area contributed by atoms with E-state index in [2.05, 4.69) is 5.16 Å². The van der Waals surface area contributed by atoms with Gasteiger partial charge in [-0.25, -0.2) is 4.39 Å². The first kappa shape index (κ1) is 13.9. The van der Waals surface area contributed by atoms with E-state index in [1.165, 1.54) is 12.1 Å². The maximum absolute atomic E-state index is 13.0. The third-order valence-corrected chi connectivity index (χ3v) is 2.96. The van der Waals surface area contributed by atoms with E-state index < -0.39 is 0 Å². The molecule has 5 heteroatoms. The standard InChI is InChI=1S/C15H15FN2O2/c1-10-8-13(16)5-2-12(10)9-20-14-6-3-11(4-7-14)15(17)18-19/h2-8,19H,9H2,1H3,(H2,17,18). The molecule has 0 unspecified atom stereocenters. The average Bonchev–Trinajstić information content (AvgIpc) is 2.46. The van der Waals surface area contributed by atoms with Crippen LogP contribution in [0.25, 0.3) is 0 Å². The van der Waals surface area contributed by atoms with Gasteiger partial charge in [-0.2, -0.15) is 0 Å². The van der Waals surface area contributed by atoms with Gasteiger partial charge < -0.3 is 15.7 Å². The second-order valence-corrected chi connectivity index (χ2v) is 4.37. The number of amidine groups is 1. The molecule has 0 aromatic heterocycles. The van der Waals surface area contributed by atoms with Crippen molar-refractivity contribution in [1.82, 2.24) is 0 Å². The quantitative estimate of drug-likeness (QED) is 0.390. The lowest BCUT2D eigenvalue weighted by Crippen LogP contribution is -2.12. The van der Waals surface area contributed by atoms with Crippen LogP contribution in [-0.4, -0.2) is 11.0 Å². The van der Waals surface area contributed by atoms with E-state index in [1.807, 2.05) is 6.92 Å². The summed E-state index contributed by atoms with van der Waals surface area (Å²) >= 11 is 0. The molecule has 0 bridgehead atoms. The zero-order valence-electron chi connectivity index (χ0n) is 11.0. The molecule has 0 atom stereocenters. The van der Waals surface area contributed by atoms with Crippen molar-refractivity contribution in [3.63, 3.8) is 0 Å². The molecule has 2 aromatic rings. The highest BCUT2D eigenvalue weighted by Crippen LogP contribution is 2.16. The SMILES string of the molecule is Cc1cc(F)ccc1COc1ccc(/C(N)=N/O)cc1. The third-order valence-electron chi connectivity index (χ3n) is 2.96. The van der Waals surface area contributed by atoms with Crippen molar-refractivity contribution >= 4 is 5.84 Å². The second kappa shape index (κ2) is 6.06. The Bertz CT molecular complexity index is 624. The first-order valence-corrected chi connectivity index (χ1v) is 6.06. The number of aryl methyl sites for hydroxylation is 1. The molecule has 0 aliphatic rings. The van der Waals surface area contributed by atoms with Gasteiger partial charge in [0.15, 0.2) is 5.84 Å². The van der Waals surface area contributed by atoms with Crippen LogP contribution < -0.4 is 10.5 Å². The monoisotopic (exact) mass is 274 g/mol. The zero-order chi connectivity index (χ0) is 14.5. The van der Waals surface area contributed by atoms with Gasteiger partial charge in [-0.1, -0.05) is 11.2 Å². The molecule has 0 aliphatic heterocycles. The Morgan fingerprint density at radius 1 is 1.25 bits per heavy atom. The lowest BCUT2D eigenvalue weighted by molar-refractivity contribution is 0.305. The molecular weight excluding hydrogens is 259 g/mol. The normalized spacial score (nSPS) is 11.4. The summed E-state index contributed by atoms with van der Waals surface area (Å²) in [6.45, 7) is 2.19. The lowest BCUT2D eigenvalue weighted by atomic mass is 10.1. The second-order valence-electron chi connectivity index (χ2n) is 4.37. The van der Waals surface area contributed by atoms with Gasteiger partial charge in [0.1, 0.15) is 18.2 Å². The van der Waals surface area contributed by atoms with Gasteiger partial charge in [0, 0.05) is 5.56 Å². The Balaban J connectivity index is 2.04. The summed E-state index contributed by atoms with van der Waals surface area (Å²) in [6, 6.07) is 11.4. The number of hydrogen-bond acceptors (Lipinski definition) is 3. The fourth-order valence-corrected chi connectivity index (χ4v) is 1.76. The predicted molar refractivity (Wildman–Crippen MR) is 74.4 cm³/mol. The number of halogens is 1. The Morgan fingerprint density at radius 3 is 2.55 bits per heavy atom. The Hall–Kier alpha value is -2.56. The molecule has 0 amide bonds. The van der Waals surface area contributed by atoms with Crippen LogP contribution in [0, 0.1) is 12.7 Å². The molecule has 0 heterocycles. The van der Waals surface area contributed by atoms with Crippen molar-refractivity contribution in [2.75, 3.05) is 0 Å². The highest BCUT2D eigenvalue weighted by atomic mass is 19.1. The summed E-state index contributed by atoms with van der Waals surface area (Å²) in [5.74, 6) is 0.448. The molecule has 0 aliphatic carbocycles. The van der Waals surface area contributed by atoms with E-state index in [0.717, 1.165) is 11.1 Å². The fraction of sp³-hybridized carbons (Fsp3) is 0.133. The minimum Gasteiger partial charge on any atom is -0.489 e. The number of benzene rings is 2. The molecule has 2 aromatic carbocycles. The van der Waals surface area contributed by atoms with Crippen molar-refractivity contribution in [2.45, 2.75) is 13.5 Å². The van der Waals surface area contributed by atoms with Crippen molar-refractivity contribution in [3.05, 3.63) is 65.0 Å². The number of rotatable bonds is 4. The highest BCUT2D eigenvalue weighted by molar-refractivity contribution is 5.97. The third kappa shape index (κ3) is 3.26. The van der Waals surface area contributed by atoms with E-state index in [-0.39, 0.29) is 11.7 Å². The Morgan fingerprint density at radius 2 is 1.95 bits per heavy atom. The topological polar surface area (TPSA) is 67.8 Å². The number of nitrogens with two attached hydrogens (primary N) is 1. The average molecular weight is 274 g/mol. The number of hydrogen-bond donors (Lipinski definition) is 2. The largest absolute Gasteiger partial charge is 0.489 e. The van der Waals surface area contributed by atoms with Crippen LogP contribution in [0.4, 0.5) is 4.39 Å². The maximum atomic E-state index is 13.0. The zero-order valence-corrected chi connectivity index (χ0v) is 11.0. The van der Waals surface area contributed by atoms with Crippen LogP contribution in [0.2, 0.25) is 0 Å². The Labute approximate surface area is 116 Å². The van der Waals surface area contributed by atoms with Crippen LogP contribution in [-0.2, 0) is 6.61 Å². The summed E-state index contributed by atoms with van der Waals surface area (Å²) in [5, 5.41) is 11.5. The van der Waals surface area contributed by atoms with Gasteiger partial charge in [0.25, 0.3) is 0 Å². The molecule has 0 fully saturated rings. The van der Waals surface area contributed by atoms with Gasteiger partial charge in [0.05, 0.1) is 0 Å². The van der Waals surface area contributed by atoms with Crippen LogP contribution >= 0.6 is 0 Å². The van der Waals surface area contributed by atoms with Crippen LogP contribution in [0.3, 0.4) is 0 Å². The number of oxime groups is 1. The molecule has 20 heavy (non-hydrogen) atoms. The van der Waals surface area contributed by atoms with Gasteiger partial charge >= 0.3 is 0 Å². The van der Waals surface area contributed by atoms with Crippen molar-refractivity contribution < 1.29 is 14.3 Å². The first-order valence-electron chi connectivity index (χ1n) is 6.06. The lowest BCUT2D eigenvalue weighted by Gasteiger charge is -2.09. The summed E-state index contributed by atoms with van der Waals surface area (Å²) in [5.41, 5.74) is 7.84. The summed E-state index contributed by atoms with van der Waals surface area (Å²) in [7, 11) is 0. The van der Waals surface area contributed by atoms with E-state index in [4.69, 9.17) is 15.7 Å². The van der Waals surface area contributed by atoms with E-state index >= 15 is 0 Å². The maximum Gasteiger partial charge on any atom is 0.170 e. The number of ether oxygens (including phenoxy) is 1. The van der Waals surface area contributed by atoms with Gasteiger partial charge in [-0.15, -0.1) is 0 Å². The van der Waals surface area contributed by atoms with Crippen molar-refractivity contribution in [1.29, 1.82) is 0 Å². The summed E-state index contributed by atoms with van der Waals surface area (Å²) in [4.78, 5) is 0. The molecule has 3 N–H and O–H groups in total. The van der Waals surface area contributed by atoms with E-state index in [0.29, 0.717) is 17.9 Å². The predicted octanol–water partition coefficient (Wildman–Crippen LogP) is 2.81. The minimum absolute atomic E-state index is 0.0472. The van der Waals surface area contributed by atoms with E-state index in [1.54, 1.807) is 30.3 Å². The van der Waals surface area contributed by atoms with Gasteiger partial charge in [-0.3, -0.25) is 0 Å². The minimum atomic E-state index is -0.255. The van der Waals surface area contributed by atoms with Crippen LogP contribution in [0.1, 0.15) is 16.7 Å². The molecular formula is C15H15FN2O2. The van der Waals surface area contributed by atoms with Gasteiger partial charge in [-0.05, 0) is 54.4 Å². The van der Waals surface area contributed by atoms with Gasteiger partial charge in [0.2, 0.25) is 0 Å². The highest BCUT2D eigenvalue weighted by Gasteiger charge is 2.03. The first-order chi connectivity index (χ1) is 9.60. The number of nitrogens with zero attached hydrogens (tertiary/aromatic N) is 1. The molecule has 0 saturated carbocycles. The Kier molecular flexibility index (Phi) is 4.20. The molecule has 104 valence electrons. The molecule has 0 radical (unpaired) electrons.